The van der Waals surface area contributed by atoms with Crippen LogP contribution >= 0.6 is 23.8 Å². The first kappa shape index (κ1) is 15.5. The normalized spacial score (nSPS) is 17.7. The van der Waals surface area contributed by atoms with Gasteiger partial charge in [0.1, 0.15) is 4.99 Å². The van der Waals surface area contributed by atoms with Crippen molar-refractivity contribution in [2.24, 2.45) is 5.73 Å². The van der Waals surface area contributed by atoms with Gasteiger partial charge in [0, 0.05) is 23.8 Å². The van der Waals surface area contributed by atoms with E-state index in [0.717, 1.165) is 17.8 Å². The summed E-state index contributed by atoms with van der Waals surface area (Å²) in [4.78, 5) is 2.86. The Labute approximate surface area is 131 Å². The smallest absolute Gasteiger partial charge is 0.105 e. The Morgan fingerprint density at radius 3 is 2.70 bits per heavy atom. The van der Waals surface area contributed by atoms with Gasteiger partial charge in [-0.3, -0.25) is 0 Å². The Hall–Kier alpha value is -0.840. The lowest BCUT2D eigenvalue weighted by atomic mass is 10.1. The predicted octanol–water partition coefficient (Wildman–Crippen LogP) is 3.26. The van der Waals surface area contributed by atoms with Crippen LogP contribution in [0.2, 0.25) is 5.02 Å². The van der Waals surface area contributed by atoms with Crippen molar-refractivity contribution in [3.05, 3.63) is 28.8 Å². The molecule has 1 aromatic rings. The topological polar surface area (TPSA) is 41.3 Å². The number of nitrogens with zero attached hydrogens (tertiary/aromatic N) is 1. The zero-order valence-corrected chi connectivity index (χ0v) is 13.4. The maximum atomic E-state index is 6.18. The van der Waals surface area contributed by atoms with Crippen molar-refractivity contribution >= 4 is 34.5 Å². The number of piperidine rings is 1. The van der Waals surface area contributed by atoms with E-state index < -0.39 is 0 Å². The number of likely N-dealkylation sites (tertiary alicyclic amines) is 1. The molecule has 5 heteroatoms. The summed E-state index contributed by atoms with van der Waals surface area (Å²) in [7, 11) is 0. The van der Waals surface area contributed by atoms with Crippen molar-refractivity contribution in [2.75, 3.05) is 25.0 Å². The number of nitrogens with two attached hydrogens (primary N) is 1. The first-order valence-corrected chi connectivity index (χ1v) is 7.93. The van der Waals surface area contributed by atoms with Gasteiger partial charge in [-0.2, -0.15) is 0 Å². The summed E-state index contributed by atoms with van der Waals surface area (Å²) in [6.45, 7) is 5.69. The highest BCUT2D eigenvalue weighted by Crippen LogP contribution is 2.21. The molecule has 2 rings (SSSR count). The average molecular weight is 312 g/mol. The molecule has 1 saturated heterocycles. The Kier molecular flexibility index (Phi) is 5.64. The summed E-state index contributed by atoms with van der Waals surface area (Å²) < 4.78 is 0. The summed E-state index contributed by atoms with van der Waals surface area (Å²) in [5, 5.41) is 4.09. The number of anilines is 1. The standard InChI is InChI=1S/C15H22ClN3S/c1-11(10-19-7-3-2-4-8-19)18-12-5-6-13(15(17)20)14(16)9-12/h5-6,9,11,18H,2-4,7-8,10H2,1H3,(H2,17,20). The van der Waals surface area contributed by atoms with Crippen LogP contribution in [-0.4, -0.2) is 35.6 Å². The second-order valence-corrected chi connectivity index (χ2v) is 6.31. The molecule has 1 aliphatic heterocycles. The number of rotatable bonds is 5. The SMILES string of the molecule is CC(CN1CCCCC1)Nc1ccc(C(N)=S)c(Cl)c1. The van der Waals surface area contributed by atoms with E-state index in [1.807, 2.05) is 18.2 Å². The van der Waals surface area contributed by atoms with Crippen LogP contribution in [0.1, 0.15) is 31.7 Å². The number of hydrogen-bond acceptors (Lipinski definition) is 3. The molecule has 0 aliphatic carbocycles. The molecule has 3 N–H and O–H groups in total. The monoisotopic (exact) mass is 311 g/mol. The highest BCUT2D eigenvalue weighted by Gasteiger charge is 2.13. The molecule has 0 bridgehead atoms. The molecule has 1 atom stereocenters. The first-order chi connectivity index (χ1) is 9.56. The number of halogens is 1. The van der Waals surface area contributed by atoms with Gasteiger partial charge < -0.3 is 16.0 Å². The first-order valence-electron chi connectivity index (χ1n) is 7.14. The number of nitrogens with one attached hydrogen (secondary N) is 1. The van der Waals surface area contributed by atoms with Crippen LogP contribution in [0.15, 0.2) is 18.2 Å². The molecule has 1 heterocycles. The Morgan fingerprint density at radius 2 is 2.10 bits per heavy atom. The van der Waals surface area contributed by atoms with Gasteiger partial charge in [0.25, 0.3) is 0 Å². The van der Waals surface area contributed by atoms with Gasteiger partial charge in [-0.25, -0.2) is 0 Å². The molecule has 0 saturated carbocycles. The highest BCUT2D eigenvalue weighted by atomic mass is 35.5. The summed E-state index contributed by atoms with van der Waals surface area (Å²) in [5.41, 5.74) is 7.36. The van der Waals surface area contributed by atoms with Gasteiger partial charge in [0.2, 0.25) is 0 Å². The molecule has 20 heavy (non-hydrogen) atoms. The third-order valence-corrected chi connectivity index (χ3v) is 4.16. The quantitative estimate of drug-likeness (QED) is 0.819. The number of benzene rings is 1. The van der Waals surface area contributed by atoms with E-state index in [0.29, 0.717) is 16.1 Å². The fourth-order valence-corrected chi connectivity index (χ4v) is 3.18. The molecule has 0 radical (unpaired) electrons. The molecule has 1 aromatic carbocycles. The van der Waals surface area contributed by atoms with Crippen molar-refractivity contribution in [2.45, 2.75) is 32.2 Å². The summed E-state index contributed by atoms with van der Waals surface area (Å²) in [6, 6.07) is 6.14. The fraction of sp³-hybridized carbons (Fsp3) is 0.533. The van der Waals surface area contributed by atoms with Crippen LogP contribution in [0.4, 0.5) is 5.69 Å². The zero-order chi connectivity index (χ0) is 14.5. The largest absolute Gasteiger partial charge is 0.389 e. The van der Waals surface area contributed by atoms with Gasteiger partial charge in [-0.1, -0.05) is 30.2 Å². The van der Waals surface area contributed by atoms with E-state index in [9.17, 15) is 0 Å². The Bertz CT molecular complexity index is 472. The molecule has 0 aromatic heterocycles. The average Bonchev–Trinajstić information content (AvgIpc) is 2.39. The summed E-state index contributed by atoms with van der Waals surface area (Å²) in [5.74, 6) is 0. The Balaban J connectivity index is 1.92. The molecule has 1 fully saturated rings. The molecule has 110 valence electrons. The lowest BCUT2D eigenvalue weighted by Gasteiger charge is -2.29. The van der Waals surface area contributed by atoms with Crippen LogP contribution in [0, 0.1) is 0 Å². The molecule has 1 unspecified atom stereocenters. The van der Waals surface area contributed by atoms with Gasteiger partial charge in [-0.15, -0.1) is 0 Å². The van der Waals surface area contributed by atoms with Gasteiger partial charge in [0.05, 0.1) is 5.02 Å². The third-order valence-electron chi connectivity index (χ3n) is 3.63. The van der Waals surface area contributed by atoms with Gasteiger partial charge in [-0.05, 0) is 51.1 Å². The molecular formula is C15H22ClN3S. The summed E-state index contributed by atoms with van der Waals surface area (Å²) in [6.07, 6.45) is 4.01. The van der Waals surface area contributed by atoms with Crippen molar-refractivity contribution in [3.8, 4) is 0 Å². The van der Waals surface area contributed by atoms with E-state index in [4.69, 9.17) is 29.6 Å². The van der Waals surface area contributed by atoms with E-state index in [1.165, 1.54) is 32.4 Å². The van der Waals surface area contributed by atoms with Crippen LogP contribution < -0.4 is 11.1 Å². The minimum Gasteiger partial charge on any atom is -0.389 e. The third kappa shape index (κ3) is 4.33. The zero-order valence-electron chi connectivity index (χ0n) is 11.9. The molecule has 1 aliphatic rings. The number of hydrogen-bond donors (Lipinski definition) is 2. The van der Waals surface area contributed by atoms with Crippen LogP contribution in [0.3, 0.4) is 0 Å². The maximum Gasteiger partial charge on any atom is 0.105 e. The minimum absolute atomic E-state index is 0.336. The van der Waals surface area contributed by atoms with Crippen molar-refractivity contribution < 1.29 is 0 Å². The van der Waals surface area contributed by atoms with Gasteiger partial charge >= 0.3 is 0 Å². The lowest BCUT2D eigenvalue weighted by Crippen LogP contribution is -2.38. The van der Waals surface area contributed by atoms with E-state index >= 15 is 0 Å². The van der Waals surface area contributed by atoms with E-state index in [-0.39, 0.29) is 0 Å². The van der Waals surface area contributed by atoms with E-state index in [2.05, 4.69) is 17.1 Å². The van der Waals surface area contributed by atoms with Crippen LogP contribution in [0.25, 0.3) is 0 Å². The number of thiocarbonyl (C=S) groups is 1. The highest BCUT2D eigenvalue weighted by molar-refractivity contribution is 7.80. The fourth-order valence-electron chi connectivity index (χ4n) is 2.66. The predicted molar refractivity (Wildman–Crippen MR) is 90.7 cm³/mol. The van der Waals surface area contributed by atoms with Crippen molar-refractivity contribution in [1.82, 2.24) is 4.90 Å². The van der Waals surface area contributed by atoms with Crippen molar-refractivity contribution in [1.29, 1.82) is 0 Å². The molecule has 0 spiro atoms. The second kappa shape index (κ2) is 7.25. The maximum absolute atomic E-state index is 6.18. The van der Waals surface area contributed by atoms with Crippen molar-refractivity contribution in [3.63, 3.8) is 0 Å². The van der Waals surface area contributed by atoms with Crippen LogP contribution in [-0.2, 0) is 0 Å². The summed E-state index contributed by atoms with van der Waals surface area (Å²) >= 11 is 11.1. The van der Waals surface area contributed by atoms with Gasteiger partial charge in [0.15, 0.2) is 0 Å². The molecule has 3 nitrogen and oxygen atoms in total. The molecular weight excluding hydrogens is 290 g/mol. The minimum atomic E-state index is 0.336. The molecule has 0 amide bonds. The second-order valence-electron chi connectivity index (χ2n) is 5.47. The Morgan fingerprint density at radius 1 is 1.40 bits per heavy atom. The lowest BCUT2D eigenvalue weighted by molar-refractivity contribution is 0.223. The van der Waals surface area contributed by atoms with Crippen LogP contribution in [0.5, 0.6) is 0 Å². The van der Waals surface area contributed by atoms with E-state index in [1.54, 1.807) is 0 Å².